The molecule has 0 aromatic rings. The van der Waals surface area contributed by atoms with Crippen LogP contribution in [0.5, 0.6) is 0 Å². The molecule has 0 saturated heterocycles. The van der Waals surface area contributed by atoms with Crippen LogP contribution in [0, 0.1) is 34.0 Å². The number of aliphatic hydroxyl groups is 2. The van der Waals surface area contributed by atoms with Crippen molar-refractivity contribution in [3.05, 3.63) is 12.2 Å². The van der Waals surface area contributed by atoms with Crippen LogP contribution in [0.2, 0.25) is 0 Å². The summed E-state index contributed by atoms with van der Waals surface area (Å²) in [5.74, 6) is 1.50. The monoisotopic (exact) mass is 306 g/mol. The lowest BCUT2D eigenvalue weighted by molar-refractivity contribution is -0.188. The maximum Gasteiger partial charge on any atom is 0.0594 e. The lowest BCUT2D eigenvalue weighted by Crippen LogP contribution is -2.61. The quantitative estimate of drug-likeness (QED) is 0.714. The van der Waals surface area contributed by atoms with E-state index in [2.05, 4.69) is 34.3 Å². The Labute approximate surface area is 136 Å². The van der Waals surface area contributed by atoms with E-state index in [0.717, 1.165) is 19.3 Å². The average Bonchev–Trinajstić information content (AvgIpc) is 2.43. The van der Waals surface area contributed by atoms with Gasteiger partial charge in [0.15, 0.2) is 0 Å². The van der Waals surface area contributed by atoms with Gasteiger partial charge in [-0.3, -0.25) is 0 Å². The van der Waals surface area contributed by atoms with Gasteiger partial charge in [0, 0.05) is 5.92 Å². The first kappa shape index (κ1) is 16.5. The van der Waals surface area contributed by atoms with Crippen LogP contribution in [-0.2, 0) is 0 Å². The van der Waals surface area contributed by atoms with Crippen molar-refractivity contribution in [2.75, 3.05) is 6.61 Å². The minimum atomic E-state index is -0.165. The molecule has 6 atom stereocenters. The molecular formula is C20H34O2. The van der Waals surface area contributed by atoms with E-state index in [0.29, 0.717) is 17.3 Å². The highest BCUT2D eigenvalue weighted by Gasteiger charge is 2.62. The lowest BCUT2D eigenvalue weighted by atomic mass is 9.39. The summed E-state index contributed by atoms with van der Waals surface area (Å²) in [6.45, 7) is 13.9. The van der Waals surface area contributed by atoms with Crippen molar-refractivity contribution in [1.82, 2.24) is 0 Å². The summed E-state index contributed by atoms with van der Waals surface area (Å²) >= 11 is 0. The molecule has 3 saturated carbocycles. The Bertz CT molecular complexity index is 468. The Balaban J connectivity index is 2.01. The molecule has 2 nitrogen and oxygen atoms in total. The highest BCUT2D eigenvalue weighted by molar-refractivity contribution is 5.19. The summed E-state index contributed by atoms with van der Waals surface area (Å²) in [5, 5.41) is 20.5. The molecule has 3 rings (SSSR count). The summed E-state index contributed by atoms with van der Waals surface area (Å²) in [4.78, 5) is 0. The summed E-state index contributed by atoms with van der Waals surface area (Å²) in [6, 6.07) is 0. The summed E-state index contributed by atoms with van der Waals surface area (Å²) in [6.07, 6.45) is 6.52. The summed E-state index contributed by atoms with van der Waals surface area (Å²) < 4.78 is 0. The van der Waals surface area contributed by atoms with Crippen LogP contribution < -0.4 is 0 Å². The zero-order chi connectivity index (χ0) is 16.3. The maximum atomic E-state index is 10.5. The molecule has 2 N–H and O–H groups in total. The van der Waals surface area contributed by atoms with E-state index >= 15 is 0 Å². The third-order valence-corrected chi connectivity index (χ3v) is 8.30. The Morgan fingerprint density at radius 2 is 1.64 bits per heavy atom. The van der Waals surface area contributed by atoms with Crippen LogP contribution in [-0.4, -0.2) is 22.9 Å². The second-order valence-corrected chi connectivity index (χ2v) is 9.46. The molecule has 0 unspecified atom stereocenters. The minimum absolute atomic E-state index is 0.0114. The van der Waals surface area contributed by atoms with E-state index in [1.807, 2.05) is 0 Å². The molecule has 3 aliphatic rings. The number of rotatable bonds is 1. The third kappa shape index (κ3) is 1.99. The molecule has 0 radical (unpaired) electrons. The normalized spacial score (nSPS) is 51.1. The predicted molar refractivity (Wildman–Crippen MR) is 90.4 cm³/mol. The van der Waals surface area contributed by atoms with Crippen LogP contribution in [0.4, 0.5) is 0 Å². The maximum absolute atomic E-state index is 10.5. The van der Waals surface area contributed by atoms with Crippen molar-refractivity contribution < 1.29 is 10.2 Å². The van der Waals surface area contributed by atoms with Crippen molar-refractivity contribution in [3.63, 3.8) is 0 Å². The predicted octanol–water partition coefficient (Wildman–Crippen LogP) is 4.16. The zero-order valence-corrected chi connectivity index (χ0v) is 14.9. The van der Waals surface area contributed by atoms with Gasteiger partial charge in [-0.1, -0.05) is 39.8 Å². The number of hydrogen-bond donors (Lipinski definition) is 2. The van der Waals surface area contributed by atoms with E-state index in [-0.39, 0.29) is 29.5 Å². The average molecular weight is 306 g/mol. The number of hydrogen-bond acceptors (Lipinski definition) is 2. The fourth-order valence-electron chi connectivity index (χ4n) is 6.96. The Morgan fingerprint density at radius 3 is 2.27 bits per heavy atom. The van der Waals surface area contributed by atoms with Crippen molar-refractivity contribution in [2.45, 2.75) is 72.3 Å². The zero-order valence-electron chi connectivity index (χ0n) is 14.9. The molecule has 0 aliphatic heterocycles. The lowest BCUT2D eigenvalue weighted by Gasteiger charge is -2.66. The van der Waals surface area contributed by atoms with Gasteiger partial charge in [-0.15, -0.1) is 0 Å². The molecular weight excluding hydrogens is 272 g/mol. The molecule has 0 heterocycles. The van der Waals surface area contributed by atoms with Gasteiger partial charge in [0.25, 0.3) is 0 Å². The first-order valence-corrected chi connectivity index (χ1v) is 9.14. The Morgan fingerprint density at radius 1 is 1.00 bits per heavy atom. The van der Waals surface area contributed by atoms with Gasteiger partial charge in [0.1, 0.15) is 0 Å². The smallest absolute Gasteiger partial charge is 0.0594 e. The number of fused-ring (bicyclic) bond motifs is 3. The summed E-state index contributed by atoms with van der Waals surface area (Å²) in [7, 11) is 0. The Hall–Kier alpha value is -0.340. The molecule has 22 heavy (non-hydrogen) atoms. The van der Waals surface area contributed by atoms with E-state index < -0.39 is 0 Å². The molecule has 0 bridgehead atoms. The van der Waals surface area contributed by atoms with E-state index in [9.17, 15) is 10.2 Å². The summed E-state index contributed by atoms with van der Waals surface area (Å²) in [5.41, 5.74) is 1.76. The van der Waals surface area contributed by atoms with Crippen LogP contribution in [0.15, 0.2) is 12.2 Å². The van der Waals surface area contributed by atoms with E-state index in [4.69, 9.17) is 0 Å². The van der Waals surface area contributed by atoms with Gasteiger partial charge < -0.3 is 10.2 Å². The highest BCUT2D eigenvalue weighted by Crippen LogP contribution is 2.68. The molecule has 0 spiro atoms. The molecule has 2 heteroatoms. The molecule has 0 amide bonds. The van der Waals surface area contributed by atoms with Gasteiger partial charge in [-0.25, -0.2) is 0 Å². The molecule has 0 aromatic carbocycles. The fraction of sp³-hybridized carbons (Fsp3) is 0.900. The van der Waals surface area contributed by atoms with Gasteiger partial charge >= 0.3 is 0 Å². The molecule has 3 fully saturated rings. The molecule has 126 valence electrons. The highest BCUT2D eigenvalue weighted by atomic mass is 16.3. The Kier molecular flexibility index (Phi) is 3.81. The first-order chi connectivity index (χ1) is 10.2. The van der Waals surface area contributed by atoms with Crippen LogP contribution >= 0.6 is 0 Å². The molecule has 0 aromatic heterocycles. The second kappa shape index (κ2) is 5.08. The van der Waals surface area contributed by atoms with Gasteiger partial charge in [0.2, 0.25) is 0 Å². The van der Waals surface area contributed by atoms with Crippen LogP contribution in [0.1, 0.15) is 66.2 Å². The van der Waals surface area contributed by atoms with Crippen molar-refractivity contribution in [1.29, 1.82) is 0 Å². The van der Waals surface area contributed by atoms with Crippen molar-refractivity contribution in [2.24, 2.45) is 34.0 Å². The van der Waals surface area contributed by atoms with E-state index in [1.54, 1.807) is 0 Å². The van der Waals surface area contributed by atoms with Crippen LogP contribution in [0.3, 0.4) is 0 Å². The van der Waals surface area contributed by atoms with E-state index in [1.165, 1.54) is 24.8 Å². The fourth-order valence-corrected chi connectivity index (χ4v) is 6.96. The van der Waals surface area contributed by atoms with Crippen LogP contribution in [0.25, 0.3) is 0 Å². The second-order valence-electron chi connectivity index (χ2n) is 9.46. The van der Waals surface area contributed by atoms with Gasteiger partial charge in [-0.05, 0) is 66.6 Å². The van der Waals surface area contributed by atoms with Crippen molar-refractivity contribution >= 4 is 0 Å². The largest absolute Gasteiger partial charge is 0.396 e. The topological polar surface area (TPSA) is 40.5 Å². The van der Waals surface area contributed by atoms with Gasteiger partial charge in [0.05, 0.1) is 12.7 Å². The minimum Gasteiger partial charge on any atom is -0.396 e. The number of aliphatic hydroxyl groups excluding tert-OH is 2. The first-order valence-electron chi connectivity index (χ1n) is 9.14. The SMILES string of the molecule is C=C1CC[C@H]2[C@@](C)(CC[C@H]3C(C)(C)[C@@H](O)CC[C@]23C)[C@@H]1CO. The third-order valence-electron chi connectivity index (χ3n) is 8.30. The molecule has 3 aliphatic carbocycles. The van der Waals surface area contributed by atoms with Gasteiger partial charge in [-0.2, -0.15) is 0 Å². The standard InChI is InChI=1S/C20H34O2/c1-13-6-7-16-19(4,14(13)12-21)10-8-15-18(2,3)17(22)9-11-20(15,16)5/h14-17,21-22H,1,6-12H2,2-5H3/t14-,15+,16+,17+,19+,20+/m1/s1. The van der Waals surface area contributed by atoms with Crippen molar-refractivity contribution in [3.8, 4) is 0 Å².